The molecule has 0 radical (unpaired) electrons. The van der Waals surface area contributed by atoms with Crippen molar-refractivity contribution in [1.29, 1.82) is 0 Å². The van der Waals surface area contributed by atoms with Gasteiger partial charge in [0.1, 0.15) is 41.5 Å². The number of rotatable bonds is 8. The summed E-state index contributed by atoms with van der Waals surface area (Å²) in [6.45, 7) is 1.32. The number of allylic oxidation sites excluding steroid dienone is 2. The summed E-state index contributed by atoms with van der Waals surface area (Å²) in [5.41, 5.74) is 12.1. The lowest BCUT2D eigenvalue weighted by Gasteiger charge is -2.28. The number of ketones is 1. The van der Waals surface area contributed by atoms with E-state index in [1.165, 1.54) is 6.92 Å². The zero-order valence-corrected chi connectivity index (χ0v) is 31.7. The van der Waals surface area contributed by atoms with Crippen LogP contribution in [0.2, 0.25) is 0 Å². The smallest absolute Gasteiger partial charge is 0.200 e. The molecule has 6 aromatic rings. The fraction of sp³-hybridized carbons (Fsp3) is 0.130. The molecule has 14 nitrogen and oxygen atoms in total. The topological polar surface area (TPSA) is 263 Å². The van der Waals surface area contributed by atoms with Crippen LogP contribution in [0.3, 0.4) is 0 Å². The van der Waals surface area contributed by atoms with E-state index in [0.717, 1.165) is 38.8 Å². The summed E-state index contributed by atoms with van der Waals surface area (Å²) in [7, 11) is 0. The van der Waals surface area contributed by atoms with Crippen molar-refractivity contribution in [1.82, 2.24) is 5.32 Å². The van der Waals surface area contributed by atoms with Gasteiger partial charge in [0.15, 0.2) is 40.7 Å². The largest absolute Gasteiger partial charge is 0.506 e. The van der Waals surface area contributed by atoms with Crippen LogP contribution >= 0.6 is 0 Å². The van der Waals surface area contributed by atoms with Gasteiger partial charge in [-0.2, -0.15) is 0 Å². The first kappa shape index (κ1) is 39.5. The van der Waals surface area contributed by atoms with Crippen molar-refractivity contribution < 1.29 is 55.2 Å². The number of aliphatic hydroxyl groups is 9. The molecule has 0 saturated carbocycles. The minimum absolute atomic E-state index is 0.162. The van der Waals surface area contributed by atoms with Gasteiger partial charge in [0, 0.05) is 22.0 Å². The first-order chi connectivity index (χ1) is 28.7. The Labute approximate surface area is 341 Å². The highest BCUT2D eigenvalue weighted by molar-refractivity contribution is 6.07. The van der Waals surface area contributed by atoms with Crippen LogP contribution in [-0.4, -0.2) is 82.0 Å². The maximum absolute atomic E-state index is 13.1. The average molecular weight is 810 g/mol. The van der Waals surface area contributed by atoms with Gasteiger partial charge >= 0.3 is 0 Å². The van der Waals surface area contributed by atoms with Gasteiger partial charge in [-0.1, -0.05) is 103 Å². The zero-order chi connectivity index (χ0) is 42.6. The lowest BCUT2D eigenvalue weighted by atomic mass is 9.91. The molecule has 12 N–H and O–H groups in total. The summed E-state index contributed by atoms with van der Waals surface area (Å²) in [6.07, 6.45) is -9.71. The third kappa shape index (κ3) is 6.78. The molecule has 0 fully saturated rings. The van der Waals surface area contributed by atoms with Crippen molar-refractivity contribution >= 4 is 33.6 Å². The van der Waals surface area contributed by atoms with Crippen molar-refractivity contribution in [3.63, 3.8) is 0 Å². The molecule has 0 amide bonds. The summed E-state index contributed by atoms with van der Waals surface area (Å²) in [5.74, 6) is -7.10. The number of nitrogens with one attached hydrogen (secondary N) is 1. The van der Waals surface area contributed by atoms with E-state index in [0.29, 0.717) is 11.0 Å². The Kier molecular flexibility index (Phi) is 10.1. The molecule has 5 unspecified atom stereocenters. The minimum Gasteiger partial charge on any atom is -0.506 e. The van der Waals surface area contributed by atoms with Crippen LogP contribution in [0.4, 0.5) is 0 Å². The number of aliphatic imine (C=N–C) groups is 1. The number of hydrogen-bond acceptors (Lipinski definition) is 13. The summed E-state index contributed by atoms with van der Waals surface area (Å²) in [6, 6.07) is 37.4. The molecule has 2 aliphatic rings. The SMILES string of the molecule is CC(NC(N=C(N)C1=C(O)C(O)=C(O)C(O)C1O)c1cccc2c1oc1cc(-c3ccc(-c4ccc(-c5ccccc5)cc4)cc3)ccc12)=C1C(=O)C(O)C(O)C(O)=C1O. The average Bonchev–Trinajstić information content (AvgIpc) is 3.65. The Morgan fingerprint density at radius 1 is 0.617 bits per heavy atom. The van der Waals surface area contributed by atoms with Gasteiger partial charge in [-0.15, -0.1) is 0 Å². The van der Waals surface area contributed by atoms with Crippen molar-refractivity contribution in [2.24, 2.45) is 10.7 Å². The molecule has 1 heterocycles. The second kappa shape index (κ2) is 15.4. The Balaban J connectivity index is 1.19. The van der Waals surface area contributed by atoms with E-state index in [1.807, 2.05) is 60.7 Å². The maximum Gasteiger partial charge on any atom is 0.200 e. The normalized spacial score (nSPS) is 21.6. The van der Waals surface area contributed by atoms with Crippen molar-refractivity contribution in [3.8, 4) is 33.4 Å². The van der Waals surface area contributed by atoms with E-state index >= 15 is 0 Å². The van der Waals surface area contributed by atoms with E-state index in [9.17, 15) is 50.8 Å². The third-order valence-corrected chi connectivity index (χ3v) is 10.8. The number of hydrogen-bond donors (Lipinski definition) is 11. The quantitative estimate of drug-likeness (QED) is 0.0458. The summed E-state index contributed by atoms with van der Waals surface area (Å²) in [5, 5.41) is 97.6. The van der Waals surface area contributed by atoms with Crippen LogP contribution in [-0.2, 0) is 4.79 Å². The standard InChI is InChI=1S/C46H39N3O11/c1-21(32-34(50)38(54)42(58)39(55)35(32)51)48-46(49-45(47)33-36(52)40(56)43(59)41(57)37(33)53)30-9-5-8-29-28-19-18-27(20-31(28)60-44(29)30)26-16-14-25(15-17-26)24-12-10-23(11-13-24)22-6-3-2-4-7-22/h2-20,36,38,40,42,46,48,51-59H,1H3,(H2,47,49). The van der Waals surface area contributed by atoms with Crippen molar-refractivity contribution in [2.75, 3.05) is 0 Å². The van der Waals surface area contributed by atoms with Crippen molar-refractivity contribution in [2.45, 2.75) is 37.5 Å². The lowest BCUT2D eigenvalue weighted by molar-refractivity contribution is -0.130. The Morgan fingerprint density at radius 2 is 1.15 bits per heavy atom. The van der Waals surface area contributed by atoms with Crippen LogP contribution in [0.25, 0.3) is 55.3 Å². The van der Waals surface area contributed by atoms with Gasteiger partial charge < -0.3 is 61.4 Å². The number of para-hydroxylation sites is 1. The molecule has 2 aliphatic carbocycles. The highest BCUT2D eigenvalue weighted by Crippen LogP contribution is 2.38. The minimum atomic E-state index is -2.11. The second-order valence-corrected chi connectivity index (χ2v) is 14.5. The summed E-state index contributed by atoms with van der Waals surface area (Å²) < 4.78 is 6.47. The van der Waals surface area contributed by atoms with Gasteiger partial charge in [-0.3, -0.25) is 4.79 Å². The number of carbonyl (C=O) groups excluding carboxylic acids is 1. The molecule has 0 saturated heterocycles. The van der Waals surface area contributed by atoms with E-state index < -0.39 is 82.1 Å². The third-order valence-electron chi connectivity index (χ3n) is 10.8. The number of carbonyl (C=O) groups is 1. The Bertz CT molecular complexity index is 2840. The molecule has 0 bridgehead atoms. The van der Waals surface area contributed by atoms with Gasteiger partial charge in [-0.05, 0) is 52.4 Å². The molecular weight excluding hydrogens is 771 g/mol. The molecule has 0 spiro atoms. The highest BCUT2D eigenvalue weighted by atomic mass is 16.4. The van der Waals surface area contributed by atoms with E-state index in [4.69, 9.17) is 10.2 Å². The van der Waals surface area contributed by atoms with E-state index in [-0.39, 0.29) is 16.8 Å². The van der Waals surface area contributed by atoms with Crippen molar-refractivity contribution in [3.05, 3.63) is 166 Å². The predicted octanol–water partition coefficient (Wildman–Crippen LogP) is 6.31. The molecule has 1 aromatic heterocycles. The first-order valence-electron chi connectivity index (χ1n) is 18.7. The Morgan fingerprint density at radius 3 is 1.77 bits per heavy atom. The molecule has 14 heteroatoms. The fourth-order valence-electron chi connectivity index (χ4n) is 7.52. The number of furan rings is 1. The number of Topliss-reactive ketones (excluding diaryl/α,β-unsaturated/α-hetero) is 1. The molecule has 8 rings (SSSR count). The van der Waals surface area contributed by atoms with Gasteiger partial charge in [0.05, 0.1) is 11.1 Å². The molecule has 304 valence electrons. The van der Waals surface area contributed by atoms with Crippen LogP contribution in [0.5, 0.6) is 0 Å². The van der Waals surface area contributed by atoms with Gasteiger partial charge in [0.25, 0.3) is 0 Å². The number of fused-ring (bicyclic) bond motifs is 3. The number of aliphatic hydroxyl groups excluding tert-OH is 9. The Hall–Kier alpha value is -7.36. The number of nitrogens with zero attached hydrogens (tertiary/aromatic N) is 1. The van der Waals surface area contributed by atoms with Crippen LogP contribution in [0, 0.1) is 0 Å². The zero-order valence-electron chi connectivity index (χ0n) is 31.7. The first-order valence-corrected chi connectivity index (χ1v) is 18.7. The highest BCUT2D eigenvalue weighted by Gasteiger charge is 2.41. The van der Waals surface area contributed by atoms with Gasteiger partial charge in [-0.25, -0.2) is 4.99 Å². The summed E-state index contributed by atoms with van der Waals surface area (Å²) in [4.78, 5) is 17.5. The fourth-order valence-corrected chi connectivity index (χ4v) is 7.52. The van der Waals surface area contributed by atoms with Crippen LogP contribution in [0.1, 0.15) is 18.7 Å². The monoisotopic (exact) mass is 809 g/mol. The maximum atomic E-state index is 13.1. The predicted molar refractivity (Wildman–Crippen MR) is 223 cm³/mol. The number of benzene rings is 5. The molecule has 5 atom stereocenters. The van der Waals surface area contributed by atoms with Crippen LogP contribution < -0.4 is 11.1 Å². The second-order valence-electron chi connectivity index (χ2n) is 14.5. The molecule has 60 heavy (non-hydrogen) atoms. The number of nitrogens with two attached hydrogens (primary N) is 1. The molecule has 0 aliphatic heterocycles. The molecular formula is C46H39N3O11. The van der Waals surface area contributed by atoms with E-state index in [1.54, 1.807) is 18.2 Å². The van der Waals surface area contributed by atoms with Crippen LogP contribution in [0.15, 0.2) is 170 Å². The van der Waals surface area contributed by atoms with Gasteiger partial charge in [0.2, 0.25) is 0 Å². The lowest BCUT2D eigenvalue weighted by Crippen LogP contribution is -2.42. The number of amidine groups is 1. The summed E-state index contributed by atoms with van der Waals surface area (Å²) >= 11 is 0. The van der Waals surface area contributed by atoms with E-state index in [2.05, 4.69) is 46.7 Å². The molecule has 5 aromatic carbocycles.